The van der Waals surface area contributed by atoms with Crippen molar-refractivity contribution in [2.24, 2.45) is 7.05 Å². The molecule has 0 bridgehead atoms. The fourth-order valence-electron chi connectivity index (χ4n) is 2.26. The Morgan fingerprint density at radius 2 is 1.86 bits per heavy atom. The van der Waals surface area contributed by atoms with Crippen molar-refractivity contribution >= 4 is 17.2 Å². The number of thiophene rings is 1. The fourth-order valence-corrected chi connectivity index (χ4v) is 3.33. The summed E-state index contributed by atoms with van der Waals surface area (Å²) in [6, 6.07) is 16.0. The fraction of sp³-hybridized carbons (Fsp3) is 0.176. The third kappa shape index (κ3) is 2.67. The highest BCUT2D eigenvalue weighted by molar-refractivity contribution is 7.17. The summed E-state index contributed by atoms with van der Waals surface area (Å²) in [7, 11) is 5.45. The standard InChI is InChI=1S/C17H17N3OS/c1-19(2)17(21)16-10-9-15(22-16)14-11-13(18-20(14)3)12-7-5-4-6-8-12/h4-11H,1-3H3. The number of carbonyl (C=O) groups excluding carboxylic acids is 1. The minimum atomic E-state index is 0.0294. The maximum Gasteiger partial charge on any atom is 0.263 e. The predicted octanol–water partition coefficient (Wildman–Crippen LogP) is 3.52. The lowest BCUT2D eigenvalue weighted by Gasteiger charge is -2.07. The van der Waals surface area contributed by atoms with Gasteiger partial charge in [-0.1, -0.05) is 30.3 Å². The maximum absolute atomic E-state index is 12.0. The van der Waals surface area contributed by atoms with E-state index in [0.29, 0.717) is 0 Å². The number of hydrogen-bond donors (Lipinski definition) is 0. The van der Waals surface area contributed by atoms with Crippen molar-refractivity contribution < 1.29 is 4.79 Å². The Morgan fingerprint density at radius 3 is 2.55 bits per heavy atom. The van der Waals surface area contributed by atoms with Crippen LogP contribution in [-0.4, -0.2) is 34.7 Å². The summed E-state index contributed by atoms with van der Waals surface area (Å²) < 4.78 is 1.86. The van der Waals surface area contributed by atoms with E-state index < -0.39 is 0 Å². The van der Waals surface area contributed by atoms with E-state index in [1.807, 2.05) is 54.2 Å². The molecule has 112 valence electrons. The van der Waals surface area contributed by atoms with Gasteiger partial charge in [-0.15, -0.1) is 11.3 Å². The van der Waals surface area contributed by atoms with Gasteiger partial charge in [0.05, 0.1) is 21.1 Å². The summed E-state index contributed by atoms with van der Waals surface area (Å²) in [6.07, 6.45) is 0. The molecule has 0 fully saturated rings. The summed E-state index contributed by atoms with van der Waals surface area (Å²) in [6.45, 7) is 0. The molecule has 0 spiro atoms. The maximum atomic E-state index is 12.0. The van der Waals surface area contributed by atoms with Gasteiger partial charge in [0.1, 0.15) is 0 Å². The number of aromatic nitrogens is 2. The lowest BCUT2D eigenvalue weighted by molar-refractivity contribution is 0.0832. The largest absolute Gasteiger partial charge is 0.344 e. The molecule has 0 aliphatic rings. The Hall–Kier alpha value is -2.40. The number of benzene rings is 1. The minimum Gasteiger partial charge on any atom is -0.344 e. The second-order valence-electron chi connectivity index (χ2n) is 5.27. The van der Waals surface area contributed by atoms with E-state index >= 15 is 0 Å². The molecule has 0 unspecified atom stereocenters. The zero-order chi connectivity index (χ0) is 15.7. The molecule has 0 aliphatic carbocycles. The molecule has 1 amide bonds. The van der Waals surface area contributed by atoms with E-state index in [1.54, 1.807) is 19.0 Å². The SMILES string of the molecule is CN(C)C(=O)c1ccc(-c2cc(-c3ccccc3)nn2C)s1. The van der Waals surface area contributed by atoms with Crippen molar-refractivity contribution in [3.8, 4) is 21.8 Å². The Kier molecular flexibility index (Phi) is 3.81. The van der Waals surface area contributed by atoms with E-state index in [9.17, 15) is 4.79 Å². The first-order valence-electron chi connectivity index (χ1n) is 6.97. The van der Waals surface area contributed by atoms with Crippen LogP contribution in [0.1, 0.15) is 9.67 Å². The van der Waals surface area contributed by atoms with E-state index in [4.69, 9.17) is 0 Å². The van der Waals surface area contributed by atoms with Crippen LogP contribution in [-0.2, 0) is 7.05 Å². The number of nitrogens with zero attached hydrogens (tertiary/aromatic N) is 3. The monoisotopic (exact) mass is 311 g/mol. The molecule has 0 N–H and O–H groups in total. The van der Waals surface area contributed by atoms with Gasteiger partial charge in [0.25, 0.3) is 5.91 Å². The van der Waals surface area contributed by atoms with Gasteiger partial charge in [-0.05, 0) is 18.2 Å². The van der Waals surface area contributed by atoms with Crippen LogP contribution in [0.5, 0.6) is 0 Å². The minimum absolute atomic E-state index is 0.0294. The molecule has 3 aromatic rings. The van der Waals surface area contributed by atoms with Crippen molar-refractivity contribution in [1.29, 1.82) is 0 Å². The molecular weight excluding hydrogens is 294 g/mol. The van der Waals surface area contributed by atoms with Crippen LogP contribution in [0, 0.1) is 0 Å². The van der Waals surface area contributed by atoms with Crippen molar-refractivity contribution in [3.05, 3.63) is 53.4 Å². The van der Waals surface area contributed by atoms with Crippen LogP contribution in [0.3, 0.4) is 0 Å². The molecular formula is C17H17N3OS. The lowest BCUT2D eigenvalue weighted by Crippen LogP contribution is -2.20. The third-order valence-electron chi connectivity index (χ3n) is 3.42. The molecule has 3 rings (SSSR count). The van der Waals surface area contributed by atoms with Gasteiger partial charge < -0.3 is 4.90 Å². The highest BCUT2D eigenvalue weighted by Crippen LogP contribution is 2.31. The van der Waals surface area contributed by atoms with Gasteiger partial charge in [-0.3, -0.25) is 9.48 Å². The molecule has 5 heteroatoms. The van der Waals surface area contributed by atoms with Crippen LogP contribution in [0.25, 0.3) is 21.8 Å². The Balaban J connectivity index is 1.96. The molecule has 0 atom stereocenters. The summed E-state index contributed by atoms with van der Waals surface area (Å²) >= 11 is 1.49. The second kappa shape index (κ2) is 5.77. The van der Waals surface area contributed by atoms with Crippen LogP contribution in [0.4, 0.5) is 0 Å². The first-order chi connectivity index (χ1) is 10.6. The van der Waals surface area contributed by atoms with Gasteiger partial charge in [-0.2, -0.15) is 5.10 Å². The average molecular weight is 311 g/mol. The van der Waals surface area contributed by atoms with Gasteiger partial charge in [0, 0.05) is 26.7 Å². The number of amides is 1. The van der Waals surface area contributed by atoms with Crippen LogP contribution < -0.4 is 0 Å². The van der Waals surface area contributed by atoms with Gasteiger partial charge in [-0.25, -0.2) is 0 Å². The molecule has 0 aliphatic heterocycles. The molecule has 22 heavy (non-hydrogen) atoms. The number of hydrogen-bond acceptors (Lipinski definition) is 3. The predicted molar refractivity (Wildman–Crippen MR) is 90.0 cm³/mol. The van der Waals surface area contributed by atoms with E-state index in [1.165, 1.54) is 11.3 Å². The molecule has 0 radical (unpaired) electrons. The van der Waals surface area contributed by atoms with E-state index in [-0.39, 0.29) is 5.91 Å². The average Bonchev–Trinajstić information content (AvgIpc) is 3.13. The Labute approximate surface area is 133 Å². The van der Waals surface area contributed by atoms with Crippen LogP contribution in [0.2, 0.25) is 0 Å². The second-order valence-corrected chi connectivity index (χ2v) is 6.35. The van der Waals surface area contributed by atoms with Gasteiger partial charge in [0.2, 0.25) is 0 Å². The zero-order valence-corrected chi connectivity index (χ0v) is 13.6. The first-order valence-corrected chi connectivity index (χ1v) is 7.79. The smallest absolute Gasteiger partial charge is 0.263 e. The summed E-state index contributed by atoms with van der Waals surface area (Å²) in [5, 5.41) is 4.57. The molecule has 0 saturated heterocycles. The van der Waals surface area contributed by atoms with Gasteiger partial charge >= 0.3 is 0 Å². The van der Waals surface area contributed by atoms with Crippen molar-refractivity contribution in [1.82, 2.24) is 14.7 Å². The summed E-state index contributed by atoms with van der Waals surface area (Å²) in [4.78, 5) is 15.4. The van der Waals surface area contributed by atoms with E-state index in [2.05, 4.69) is 11.2 Å². The molecule has 2 aromatic heterocycles. The summed E-state index contributed by atoms with van der Waals surface area (Å²) in [5.41, 5.74) is 3.04. The topological polar surface area (TPSA) is 38.1 Å². The quantitative estimate of drug-likeness (QED) is 0.742. The zero-order valence-electron chi connectivity index (χ0n) is 12.8. The lowest BCUT2D eigenvalue weighted by atomic mass is 10.1. The normalized spacial score (nSPS) is 10.7. The van der Waals surface area contributed by atoms with Gasteiger partial charge in [0.15, 0.2) is 0 Å². The first kappa shape index (κ1) is 14.5. The molecule has 2 heterocycles. The third-order valence-corrected chi connectivity index (χ3v) is 4.52. The molecule has 1 aromatic carbocycles. The highest BCUT2D eigenvalue weighted by atomic mass is 32.1. The van der Waals surface area contributed by atoms with Crippen molar-refractivity contribution in [2.45, 2.75) is 0 Å². The van der Waals surface area contributed by atoms with Crippen molar-refractivity contribution in [2.75, 3.05) is 14.1 Å². The Bertz CT molecular complexity index is 802. The highest BCUT2D eigenvalue weighted by Gasteiger charge is 2.15. The van der Waals surface area contributed by atoms with Crippen LogP contribution in [0.15, 0.2) is 48.5 Å². The van der Waals surface area contributed by atoms with Crippen LogP contribution >= 0.6 is 11.3 Å². The Morgan fingerprint density at radius 1 is 1.14 bits per heavy atom. The molecule has 4 nitrogen and oxygen atoms in total. The molecule has 0 saturated carbocycles. The number of carbonyl (C=O) groups is 1. The van der Waals surface area contributed by atoms with Crippen molar-refractivity contribution in [3.63, 3.8) is 0 Å². The summed E-state index contributed by atoms with van der Waals surface area (Å²) in [5.74, 6) is 0.0294. The number of aryl methyl sites for hydroxylation is 1. The van der Waals surface area contributed by atoms with E-state index in [0.717, 1.165) is 26.7 Å². The number of rotatable bonds is 3.